The highest BCUT2D eigenvalue weighted by Gasteiger charge is 2.13. The fourth-order valence-corrected chi connectivity index (χ4v) is 8.45. The molecule has 2 aromatic carbocycles. The van der Waals surface area contributed by atoms with Gasteiger partial charge in [-0.25, -0.2) is 0 Å². The van der Waals surface area contributed by atoms with Crippen LogP contribution in [0.4, 0.5) is 0 Å². The number of rotatable bonds is 17. The Morgan fingerprint density at radius 2 is 1.02 bits per heavy atom. The maximum absolute atomic E-state index is 12.8. The molecule has 0 unspecified atom stereocenters. The number of thiazole rings is 2. The number of carbonyl (C=O) groups excluding carboxylic acids is 2. The van der Waals surface area contributed by atoms with Crippen LogP contribution >= 0.6 is 22.7 Å². The van der Waals surface area contributed by atoms with Crippen LogP contribution in [0.3, 0.4) is 0 Å². The van der Waals surface area contributed by atoms with Crippen molar-refractivity contribution in [2.75, 3.05) is 26.4 Å². The number of hydrogen-bond acceptors (Lipinski definition) is 6. The second kappa shape index (κ2) is 17.8. The smallest absolute Gasteiger partial charge is 0.248 e. The normalized spacial score (nSPS) is 12.7. The van der Waals surface area contributed by atoms with Gasteiger partial charge in [0, 0.05) is 39.1 Å². The van der Waals surface area contributed by atoms with Gasteiger partial charge in [0.1, 0.15) is 0 Å². The minimum Gasteiger partial charge on any atom is -0.380 e. The molecule has 0 aliphatic rings. The highest BCUT2D eigenvalue weighted by molar-refractivity contribution is 7.16. The predicted molar refractivity (Wildman–Crippen MR) is 190 cm³/mol. The van der Waals surface area contributed by atoms with Crippen LogP contribution in [0.1, 0.15) is 87.5 Å². The Kier molecular flexibility index (Phi) is 13.9. The second-order valence-corrected chi connectivity index (χ2v) is 14.0. The first-order chi connectivity index (χ1) is 22.2. The van der Waals surface area contributed by atoms with Gasteiger partial charge in [-0.1, -0.05) is 60.5 Å². The molecule has 0 spiro atoms. The molecular formula is C36H50N4O4S2. The summed E-state index contributed by atoms with van der Waals surface area (Å²) in [6, 6.07) is 8.69. The molecule has 0 fully saturated rings. The zero-order chi connectivity index (χ0) is 33.1. The van der Waals surface area contributed by atoms with Crippen molar-refractivity contribution < 1.29 is 19.1 Å². The topological polar surface area (TPSA) is 87.2 Å². The molecule has 8 nitrogen and oxygen atoms in total. The summed E-state index contributed by atoms with van der Waals surface area (Å²) in [5.74, 6) is -0.133. The first-order valence-corrected chi connectivity index (χ1v) is 18.4. The van der Waals surface area contributed by atoms with Gasteiger partial charge in [0.15, 0.2) is 9.60 Å². The summed E-state index contributed by atoms with van der Waals surface area (Å²) in [5, 5.41) is 0. The minimum atomic E-state index is -0.0663. The molecule has 0 saturated heterocycles. The number of amides is 2. The zero-order valence-electron chi connectivity index (χ0n) is 28.4. The lowest BCUT2D eigenvalue weighted by molar-refractivity contribution is -0.119. The van der Waals surface area contributed by atoms with E-state index in [1.54, 1.807) is 22.7 Å². The third-order valence-corrected chi connectivity index (χ3v) is 10.1. The van der Waals surface area contributed by atoms with E-state index in [2.05, 4.69) is 71.1 Å². The zero-order valence-corrected chi connectivity index (χ0v) is 30.1. The number of fused-ring (bicyclic) bond motifs is 2. The summed E-state index contributed by atoms with van der Waals surface area (Å²) in [6.45, 7) is 16.3. The first-order valence-electron chi connectivity index (χ1n) is 16.7. The van der Waals surface area contributed by atoms with Gasteiger partial charge < -0.3 is 18.6 Å². The maximum Gasteiger partial charge on any atom is 0.248 e. The number of benzene rings is 2. The van der Waals surface area contributed by atoms with Crippen LogP contribution in [0.5, 0.6) is 0 Å². The lowest BCUT2D eigenvalue weighted by Gasteiger charge is -2.08. The Labute approximate surface area is 280 Å². The fraction of sp³-hybridized carbons (Fsp3) is 0.556. The van der Waals surface area contributed by atoms with Crippen molar-refractivity contribution in [3.63, 3.8) is 0 Å². The monoisotopic (exact) mass is 666 g/mol. The van der Waals surface area contributed by atoms with Gasteiger partial charge in [-0.05, 0) is 88.8 Å². The van der Waals surface area contributed by atoms with Gasteiger partial charge in [0.2, 0.25) is 11.8 Å². The summed E-state index contributed by atoms with van der Waals surface area (Å²) in [5.41, 5.74) is 7.09. The van der Waals surface area contributed by atoms with E-state index in [-0.39, 0.29) is 11.8 Å². The number of carbonyl (C=O) groups is 2. The lowest BCUT2D eigenvalue weighted by Crippen LogP contribution is -2.20. The molecule has 46 heavy (non-hydrogen) atoms. The summed E-state index contributed by atoms with van der Waals surface area (Å²) in [4.78, 5) is 36.2. The van der Waals surface area contributed by atoms with E-state index in [0.29, 0.717) is 52.4 Å². The van der Waals surface area contributed by atoms with Crippen molar-refractivity contribution >= 4 is 54.9 Å². The van der Waals surface area contributed by atoms with E-state index >= 15 is 0 Å². The predicted octanol–water partition coefficient (Wildman–Crippen LogP) is 7.70. The van der Waals surface area contributed by atoms with E-state index in [4.69, 9.17) is 9.47 Å². The van der Waals surface area contributed by atoms with Gasteiger partial charge in [0.05, 0.1) is 33.6 Å². The molecular weight excluding hydrogens is 617 g/mol. The average Bonchev–Trinajstić information content (AvgIpc) is 3.51. The molecule has 0 N–H and O–H groups in total. The molecule has 250 valence electrons. The third kappa shape index (κ3) is 9.80. The Morgan fingerprint density at radius 3 is 1.41 bits per heavy atom. The van der Waals surface area contributed by atoms with Crippen LogP contribution in [0.25, 0.3) is 20.4 Å². The van der Waals surface area contributed by atoms with E-state index in [0.717, 1.165) is 68.6 Å². The molecule has 4 aromatic rings. The third-order valence-electron chi connectivity index (χ3n) is 8.02. The molecule has 10 heteroatoms. The van der Waals surface area contributed by atoms with Crippen LogP contribution in [0.15, 0.2) is 34.3 Å². The van der Waals surface area contributed by atoms with Crippen molar-refractivity contribution in [3.8, 4) is 0 Å². The van der Waals surface area contributed by atoms with Gasteiger partial charge in [0.25, 0.3) is 0 Å². The van der Waals surface area contributed by atoms with Crippen LogP contribution < -0.4 is 9.60 Å². The largest absolute Gasteiger partial charge is 0.380 e. The van der Waals surface area contributed by atoms with Crippen LogP contribution in [0.2, 0.25) is 0 Å². The standard InChI is InChI=1S/C36H50N4O4S2/c1-7-43-19-17-39-33-27(5)21-25(3)23-29(33)45-35(39)37-31(41)15-13-11-9-10-12-14-16-32(42)38-36-40(18-20-44-8-2)34-28(6)22-26(4)24-30(34)46-36/h21-24H,7-20H2,1-6H3. The number of aryl methyl sites for hydroxylation is 4. The Hall–Kier alpha value is -2.92. The number of nitrogens with zero attached hydrogens (tertiary/aromatic N) is 4. The van der Waals surface area contributed by atoms with Gasteiger partial charge in [-0.2, -0.15) is 9.98 Å². The second-order valence-electron chi connectivity index (χ2n) is 12.0. The summed E-state index contributed by atoms with van der Waals surface area (Å²) in [7, 11) is 0. The Morgan fingerprint density at radius 1 is 0.630 bits per heavy atom. The van der Waals surface area contributed by atoms with Crippen LogP contribution in [-0.2, 0) is 32.2 Å². The Balaban J connectivity index is 1.24. The highest BCUT2D eigenvalue weighted by atomic mass is 32.1. The molecule has 4 rings (SSSR count). The van der Waals surface area contributed by atoms with Crippen molar-refractivity contribution in [2.45, 2.75) is 106 Å². The maximum atomic E-state index is 12.8. The summed E-state index contributed by atoms with van der Waals surface area (Å²) >= 11 is 3.16. The lowest BCUT2D eigenvalue weighted by atomic mass is 10.1. The molecule has 0 atom stereocenters. The molecule has 2 heterocycles. The fourth-order valence-electron chi connectivity index (χ4n) is 5.95. The average molecular weight is 667 g/mol. The van der Waals surface area contributed by atoms with Crippen molar-refractivity contribution in [2.24, 2.45) is 9.98 Å². The van der Waals surface area contributed by atoms with E-state index in [9.17, 15) is 9.59 Å². The van der Waals surface area contributed by atoms with Crippen LogP contribution in [0, 0.1) is 27.7 Å². The van der Waals surface area contributed by atoms with Gasteiger partial charge >= 0.3 is 0 Å². The quantitative estimate of drug-likeness (QED) is 0.108. The highest BCUT2D eigenvalue weighted by Crippen LogP contribution is 2.24. The number of hydrogen-bond donors (Lipinski definition) is 0. The van der Waals surface area contributed by atoms with Crippen LogP contribution in [-0.4, -0.2) is 47.4 Å². The number of unbranched alkanes of at least 4 members (excludes halogenated alkanes) is 5. The SMILES string of the molecule is CCOCCn1c(=NC(=O)CCCCCCCCC(=O)N=c2sc3cc(C)cc(C)c3n2CCOCC)sc2cc(C)cc(C)c21. The first kappa shape index (κ1) is 35.9. The molecule has 0 aliphatic carbocycles. The molecule has 2 amide bonds. The van der Waals surface area contributed by atoms with Crippen molar-refractivity contribution in [1.29, 1.82) is 0 Å². The molecule has 0 radical (unpaired) electrons. The molecule has 0 aliphatic heterocycles. The summed E-state index contributed by atoms with van der Waals surface area (Å²) < 4.78 is 17.8. The van der Waals surface area contributed by atoms with Gasteiger partial charge in [-0.3, -0.25) is 9.59 Å². The molecule has 2 aromatic heterocycles. The summed E-state index contributed by atoms with van der Waals surface area (Å²) in [6.07, 6.45) is 6.60. The van der Waals surface area contributed by atoms with E-state index < -0.39 is 0 Å². The number of aromatic nitrogens is 2. The number of ether oxygens (including phenoxy) is 2. The van der Waals surface area contributed by atoms with Crippen molar-refractivity contribution in [1.82, 2.24) is 9.13 Å². The molecule has 0 bridgehead atoms. The van der Waals surface area contributed by atoms with Crippen molar-refractivity contribution in [3.05, 3.63) is 56.1 Å². The van der Waals surface area contributed by atoms with E-state index in [1.807, 2.05) is 13.8 Å². The Bertz CT molecular complexity index is 1650. The molecule has 0 saturated carbocycles. The van der Waals surface area contributed by atoms with Gasteiger partial charge in [-0.15, -0.1) is 0 Å². The minimum absolute atomic E-state index is 0.0663. The van der Waals surface area contributed by atoms with E-state index in [1.165, 1.54) is 22.3 Å².